The van der Waals surface area contributed by atoms with E-state index >= 15 is 0 Å². The van der Waals surface area contributed by atoms with E-state index in [4.69, 9.17) is 10.5 Å². The number of hydrogen-bond donors (Lipinski definition) is 2. The van der Waals surface area contributed by atoms with E-state index in [2.05, 4.69) is 19.2 Å². The molecule has 0 saturated carbocycles. The number of carbonyl (C=O) groups excluding carboxylic acids is 1. The summed E-state index contributed by atoms with van der Waals surface area (Å²) in [4.78, 5) is 11.9. The van der Waals surface area contributed by atoms with Crippen molar-refractivity contribution in [2.45, 2.75) is 26.3 Å². The first-order valence-corrected chi connectivity index (χ1v) is 7.40. The Hall–Kier alpha value is -2.33. The monoisotopic (exact) mass is 298 g/mol. The lowest BCUT2D eigenvalue weighted by atomic mass is 10.0. The maximum atomic E-state index is 11.9. The smallest absolute Gasteiger partial charge is 0.262 e. The van der Waals surface area contributed by atoms with E-state index in [9.17, 15) is 4.79 Å². The Kier molecular flexibility index (Phi) is 5.55. The molecular formula is C18H22N2O2. The number of ether oxygens (including phenoxy) is 1. The van der Waals surface area contributed by atoms with Crippen molar-refractivity contribution in [3.63, 3.8) is 0 Å². The lowest BCUT2D eigenvalue weighted by molar-refractivity contribution is -0.118. The van der Waals surface area contributed by atoms with Gasteiger partial charge in [0.05, 0.1) is 0 Å². The molecule has 0 radical (unpaired) electrons. The Morgan fingerprint density at radius 3 is 2.27 bits per heavy atom. The summed E-state index contributed by atoms with van der Waals surface area (Å²) in [5.41, 5.74) is 8.58. The third-order valence-electron chi connectivity index (χ3n) is 3.39. The Balaban J connectivity index is 1.84. The molecule has 4 heteroatoms. The van der Waals surface area contributed by atoms with Crippen LogP contribution in [0, 0.1) is 0 Å². The average molecular weight is 298 g/mol. The molecule has 0 bridgehead atoms. The van der Waals surface area contributed by atoms with Crippen LogP contribution in [0.3, 0.4) is 0 Å². The maximum Gasteiger partial charge on any atom is 0.262 e. The van der Waals surface area contributed by atoms with Gasteiger partial charge < -0.3 is 15.8 Å². The van der Waals surface area contributed by atoms with Gasteiger partial charge in [-0.2, -0.15) is 0 Å². The zero-order chi connectivity index (χ0) is 15.9. The van der Waals surface area contributed by atoms with E-state index in [1.807, 2.05) is 48.5 Å². The first-order valence-electron chi connectivity index (χ1n) is 7.40. The van der Waals surface area contributed by atoms with Crippen molar-refractivity contribution < 1.29 is 9.53 Å². The van der Waals surface area contributed by atoms with Crippen LogP contribution in [-0.2, 0) is 11.3 Å². The molecule has 2 rings (SSSR count). The van der Waals surface area contributed by atoms with Crippen LogP contribution in [0.25, 0.3) is 0 Å². The first-order chi connectivity index (χ1) is 10.6. The number of nitrogens with one attached hydrogen (secondary N) is 1. The molecule has 3 N–H and O–H groups in total. The molecule has 0 aliphatic heterocycles. The molecule has 0 aliphatic carbocycles. The highest BCUT2D eigenvalue weighted by atomic mass is 16.5. The van der Waals surface area contributed by atoms with Crippen LogP contribution in [0.15, 0.2) is 48.5 Å². The van der Waals surface area contributed by atoms with Gasteiger partial charge in [0.15, 0.2) is 6.61 Å². The molecule has 0 saturated heterocycles. The van der Waals surface area contributed by atoms with Crippen molar-refractivity contribution in [3.8, 4) is 5.75 Å². The number of hydrogen-bond acceptors (Lipinski definition) is 3. The van der Waals surface area contributed by atoms with Gasteiger partial charge in [-0.05, 0) is 41.3 Å². The molecule has 4 nitrogen and oxygen atoms in total. The van der Waals surface area contributed by atoms with Crippen LogP contribution in [0.1, 0.15) is 30.9 Å². The van der Waals surface area contributed by atoms with Crippen molar-refractivity contribution in [2.75, 3.05) is 11.9 Å². The Morgan fingerprint density at radius 2 is 1.73 bits per heavy atom. The van der Waals surface area contributed by atoms with Gasteiger partial charge in [-0.3, -0.25) is 4.79 Å². The number of carbonyl (C=O) groups is 1. The minimum Gasteiger partial charge on any atom is -0.484 e. The highest BCUT2D eigenvalue weighted by Crippen LogP contribution is 2.17. The molecule has 2 aromatic carbocycles. The van der Waals surface area contributed by atoms with Gasteiger partial charge in [-0.25, -0.2) is 0 Å². The second-order valence-corrected chi connectivity index (χ2v) is 5.46. The van der Waals surface area contributed by atoms with E-state index in [-0.39, 0.29) is 12.5 Å². The summed E-state index contributed by atoms with van der Waals surface area (Å²) in [6, 6.07) is 15.3. The Morgan fingerprint density at radius 1 is 1.09 bits per heavy atom. The predicted octanol–water partition coefficient (Wildman–Crippen LogP) is 3.29. The summed E-state index contributed by atoms with van der Waals surface area (Å²) in [5, 5.41) is 2.82. The van der Waals surface area contributed by atoms with Gasteiger partial charge in [0.1, 0.15) is 5.75 Å². The molecular weight excluding hydrogens is 276 g/mol. The Labute approximate surface area is 131 Å². The molecule has 2 aromatic rings. The third-order valence-corrected chi connectivity index (χ3v) is 3.39. The highest BCUT2D eigenvalue weighted by molar-refractivity contribution is 5.91. The summed E-state index contributed by atoms with van der Waals surface area (Å²) in [5.74, 6) is 0.951. The van der Waals surface area contributed by atoms with Gasteiger partial charge in [0.25, 0.3) is 5.91 Å². The van der Waals surface area contributed by atoms with Gasteiger partial charge in [0.2, 0.25) is 0 Å². The van der Waals surface area contributed by atoms with E-state index in [1.165, 1.54) is 5.56 Å². The fraction of sp³-hybridized carbons (Fsp3) is 0.278. The minimum absolute atomic E-state index is 0.0199. The standard InChI is InChI=1S/C18H22N2O2/c1-13(2)15-5-7-16(8-6-15)20-18(21)12-22-17-9-3-14(11-19)4-10-17/h3-10,13H,11-12,19H2,1-2H3,(H,20,21). The zero-order valence-corrected chi connectivity index (χ0v) is 13.0. The molecule has 116 valence electrons. The fourth-order valence-corrected chi connectivity index (χ4v) is 2.02. The van der Waals surface area contributed by atoms with E-state index < -0.39 is 0 Å². The van der Waals surface area contributed by atoms with Crippen LogP contribution in [0.2, 0.25) is 0 Å². The van der Waals surface area contributed by atoms with Crippen molar-refractivity contribution >= 4 is 11.6 Å². The summed E-state index contributed by atoms with van der Waals surface area (Å²) in [6.07, 6.45) is 0. The van der Waals surface area contributed by atoms with E-state index in [0.717, 1.165) is 11.3 Å². The van der Waals surface area contributed by atoms with Crippen LogP contribution < -0.4 is 15.8 Å². The SMILES string of the molecule is CC(C)c1ccc(NC(=O)COc2ccc(CN)cc2)cc1. The average Bonchev–Trinajstić information content (AvgIpc) is 2.54. The summed E-state index contributed by atoms with van der Waals surface area (Å²) in [7, 11) is 0. The molecule has 0 heterocycles. The van der Waals surface area contributed by atoms with Gasteiger partial charge in [-0.1, -0.05) is 38.1 Å². The van der Waals surface area contributed by atoms with Crippen LogP contribution in [0.4, 0.5) is 5.69 Å². The first kappa shape index (κ1) is 16.0. The van der Waals surface area contributed by atoms with E-state index in [0.29, 0.717) is 18.2 Å². The summed E-state index contributed by atoms with van der Waals surface area (Å²) < 4.78 is 5.45. The molecule has 0 spiro atoms. The van der Waals surface area contributed by atoms with Crippen LogP contribution in [0.5, 0.6) is 5.75 Å². The van der Waals surface area contributed by atoms with Crippen LogP contribution in [-0.4, -0.2) is 12.5 Å². The normalized spacial score (nSPS) is 10.5. The van der Waals surface area contributed by atoms with Crippen molar-refractivity contribution in [3.05, 3.63) is 59.7 Å². The number of rotatable bonds is 6. The molecule has 1 amide bonds. The second kappa shape index (κ2) is 7.61. The van der Waals surface area contributed by atoms with Gasteiger partial charge in [0, 0.05) is 12.2 Å². The van der Waals surface area contributed by atoms with Crippen LogP contribution >= 0.6 is 0 Å². The second-order valence-electron chi connectivity index (χ2n) is 5.46. The van der Waals surface area contributed by atoms with Gasteiger partial charge >= 0.3 is 0 Å². The van der Waals surface area contributed by atoms with Crippen molar-refractivity contribution in [1.82, 2.24) is 0 Å². The lowest BCUT2D eigenvalue weighted by Gasteiger charge is -2.09. The van der Waals surface area contributed by atoms with Crippen molar-refractivity contribution in [2.24, 2.45) is 5.73 Å². The van der Waals surface area contributed by atoms with Gasteiger partial charge in [-0.15, -0.1) is 0 Å². The highest BCUT2D eigenvalue weighted by Gasteiger charge is 2.05. The van der Waals surface area contributed by atoms with Crippen molar-refractivity contribution in [1.29, 1.82) is 0 Å². The number of anilines is 1. The summed E-state index contributed by atoms with van der Waals surface area (Å²) >= 11 is 0. The lowest BCUT2D eigenvalue weighted by Crippen LogP contribution is -2.20. The largest absolute Gasteiger partial charge is 0.484 e. The molecule has 0 fully saturated rings. The zero-order valence-electron chi connectivity index (χ0n) is 13.0. The molecule has 0 aromatic heterocycles. The Bertz CT molecular complexity index is 604. The van der Waals surface area contributed by atoms with E-state index in [1.54, 1.807) is 0 Å². The topological polar surface area (TPSA) is 64.3 Å². The minimum atomic E-state index is -0.180. The number of amides is 1. The third kappa shape index (κ3) is 4.60. The molecule has 0 atom stereocenters. The predicted molar refractivity (Wildman–Crippen MR) is 89.0 cm³/mol. The summed E-state index contributed by atoms with van der Waals surface area (Å²) in [6.45, 7) is 4.75. The fourth-order valence-electron chi connectivity index (χ4n) is 2.02. The molecule has 0 unspecified atom stereocenters. The number of nitrogens with two attached hydrogens (primary N) is 1. The molecule has 22 heavy (non-hydrogen) atoms. The number of benzene rings is 2. The maximum absolute atomic E-state index is 11.9. The molecule has 0 aliphatic rings. The quantitative estimate of drug-likeness (QED) is 0.860.